The van der Waals surface area contributed by atoms with E-state index in [0.717, 1.165) is 25.9 Å². The molecular formula is C23H22ClN3O4. The number of ether oxygens (including phenoxy) is 2. The average molecular weight is 440 g/mol. The molecule has 160 valence electrons. The molecule has 1 aliphatic rings. The molecule has 1 fully saturated rings. The van der Waals surface area contributed by atoms with Gasteiger partial charge in [-0.05, 0) is 43.2 Å². The van der Waals surface area contributed by atoms with Crippen LogP contribution >= 0.6 is 11.6 Å². The molecule has 31 heavy (non-hydrogen) atoms. The van der Waals surface area contributed by atoms with Crippen LogP contribution in [0.15, 0.2) is 48.0 Å². The third kappa shape index (κ3) is 5.77. The molecule has 0 aromatic heterocycles. The molecular weight excluding hydrogens is 418 g/mol. The van der Waals surface area contributed by atoms with Gasteiger partial charge in [0.05, 0.1) is 12.1 Å². The lowest BCUT2D eigenvalue weighted by Crippen LogP contribution is -2.32. The van der Waals surface area contributed by atoms with Crippen molar-refractivity contribution in [3.63, 3.8) is 0 Å². The van der Waals surface area contributed by atoms with E-state index in [1.54, 1.807) is 41.3 Å². The molecule has 2 aromatic rings. The van der Waals surface area contributed by atoms with Crippen molar-refractivity contribution in [2.75, 3.05) is 32.1 Å². The van der Waals surface area contributed by atoms with Crippen LogP contribution < -0.4 is 14.8 Å². The van der Waals surface area contributed by atoms with Crippen LogP contribution in [0.25, 0.3) is 6.08 Å². The van der Waals surface area contributed by atoms with Gasteiger partial charge in [0.2, 0.25) is 0 Å². The molecule has 1 aliphatic heterocycles. The van der Waals surface area contributed by atoms with Gasteiger partial charge in [0.15, 0.2) is 6.61 Å². The molecule has 0 spiro atoms. The molecule has 3 rings (SSSR count). The summed E-state index contributed by atoms with van der Waals surface area (Å²) in [6.45, 7) is 1.40. The predicted octanol–water partition coefficient (Wildman–Crippen LogP) is 3.90. The molecule has 0 radical (unpaired) electrons. The zero-order valence-electron chi connectivity index (χ0n) is 17.1. The van der Waals surface area contributed by atoms with E-state index in [2.05, 4.69) is 5.32 Å². The van der Waals surface area contributed by atoms with E-state index in [9.17, 15) is 14.9 Å². The minimum atomic E-state index is -0.591. The van der Waals surface area contributed by atoms with Crippen molar-refractivity contribution in [2.24, 2.45) is 0 Å². The Hall–Kier alpha value is -3.50. The van der Waals surface area contributed by atoms with Crippen LogP contribution in [0.2, 0.25) is 5.02 Å². The summed E-state index contributed by atoms with van der Waals surface area (Å²) < 4.78 is 10.8. The third-order valence-electron chi connectivity index (χ3n) is 4.80. The van der Waals surface area contributed by atoms with Crippen molar-refractivity contribution in [3.8, 4) is 17.6 Å². The van der Waals surface area contributed by atoms with Gasteiger partial charge in [-0.25, -0.2) is 0 Å². The van der Waals surface area contributed by atoms with Crippen LogP contribution in [-0.2, 0) is 9.59 Å². The molecule has 0 unspecified atom stereocenters. The number of amides is 2. The fourth-order valence-electron chi connectivity index (χ4n) is 3.18. The summed E-state index contributed by atoms with van der Waals surface area (Å²) >= 11 is 6.08. The maximum atomic E-state index is 12.6. The van der Waals surface area contributed by atoms with E-state index in [1.165, 1.54) is 19.3 Å². The molecule has 0 aliphatic carbocycles. The number of halogens is 1. The Labute approximate surface area is 185 Å². The second-order valence-corrected chi connectivity index (χ2v) is 7.29. The fraction of sp³-hybridized carbons (Fsp3) is 0.261. The first-order valence-electron chi connectivity index (χ1n) is 9.78. The third-order valence-corrected chi connectivity index (χ3v) is 5.10. The first kappa shape index (κ1) is 22.2. The quantitative estimate of drug-likeness (QED) is 0.522. The van der Waals surface area contributed by atoms with Crippen LogP contribution in [0.1, 0.15) is 18.4 Å². The van der Waals surface area contributed by atoms with Crippen LogP contribution in [0.3, 0.4) is 0 Å². The lowest BCUT2D eigenvalue weighted by molar-refractivity contribution is -0.132. The van der Waals surface area contributed by atoms with E-state index < -0.39 is 5.91 Å². The summed E-state index contributed by atoms with van der Waals surface area (Å²) in [7, 11) is 1.49. The number of nitrogens with zero attached hydrogens (tertiary/aromatic N) is 2. The number of methoxy groups -OCH3 is 1. The maximum absolute atomic E-state index is 12.6. The van der Waals surface area contributed by atoms with Crippen molar-refractivity contribution in [2.45, 2.75) is 12.8 Å². The number of hydrogen-bond acceptors (Lipinski definition) is 5. The highest BCUT2D eigenvalue weighted by molar-refractivity contribution is 6.32. The van der Waals surface area contributed by atoms with Gasteiger partial charge in [-0.2, -0.15) is 5.26 Å². The number of para-hydroxylation sites is 1. The number of carbonyl (C=O) groups excluding carboxylic acids is 2. The number of hydrogen-bond donors (Lipinski definition) is 1. The number of likely N-dealkylation sites (tertiary alicyclic amines) is 1. The summed E-state index contributed by atoms with van der Waals surface area (Å²) in [5, 5.41) is 12.5. The van der Waals surface area contributed by atoms with Gasteiger partial charge in [0.25, 0.3) is 11.8 Å². The molecule has 2 aromatic carbocycles. The highest BCUT2D eigenvalue weighted by Gasteiger charge is 2.19. The van der Waals surface area contributed by atoms with Gasteiger partial charge in [0.1, 0.15) is 23.1 Å². The maximum Gasteiger partial charge on any atom is 0.266 e. The molecule has 0 saturated carbocycles. The zero-order valence-corrected chi connectivity index (χ0v) is 17.8. The minimum Gasteiger partial charge on any atom is -0.495 e. The van der Waals surface area contributed by atoms with Crippen LogP contribution in [0.5, 0.6) is 11.5 Å². The van der Waals surface area contributed by atoms with E-state index in [-0.39, 0.29) is 18.1 Å². The first-order valence-corrected chi connectivity index (χ1v) is 10.2. The average Bonchev–Trinajstić information content (AvgIpc) is 3.31. The van der Waals surface area contributed by atoms with Crippen molar-refractivity contribution in [1.82, 2.24) is 4.90 Å². The van der Waals surface area contributed by atoms with Crippen molar-refractivity contribution < 1.29 is 19.1 Å². The highest BCUT2D eigenvalue weighted by atomic mass is 35.5. The van der Waals surface area contributed by atoms with E-state index in [0.29, 0.717) is 27.8 Å². The molecule has 8 heteroatoms. The molecule has 2 amide bonds. The van der Waals surface area contributed by atoms with Crippen molar-refractivity contribution in [3.05, 3.63) is 58.6 Å². The Balaban J connectivity index is 1.72. The second kappa shape index (κ2) is 10.5. The molecule has 1 N–H and O–H groups in total. The zero-order chi connectivity index (χ0) is 22.2. The minimum absolute atomic E-state index is 0.0779. The lowest BCUT2D eigenvalue weighted by atomic mass is 10.1. The number of nitrogens with one attached hydrogen (secondary N) is 1. The van der Waals surface area contributed by atoms with Crippen LogP contribution in [0, 0.1) is 11.3 Å². The van der Waals surface area contributed by atoms with Gasteiger partial charge in [-0.3, -0.25) is 9.59 Å². The Morgan fingerprint density at radius 1 is 1.19 bits per heavy atom. The topological polar surface area (TPSA) is 91.7 Å². The van der Waals surface area contributed by atoms with Gasteiger partial charge >= 0.3 is 0 Å². The monoisotopic (exact) mass is 439 g/mol. The van der Waals surface area contributed by atoms with Gasteiger partial charge in [0, 0.05) is 24.3 Å². The summed E-state index contributed by atoms with van der Waals surface area (Å²) in [6.07, 6.45) is 3.44. The fourth-order valence-corrected chi connectivity index (χ4v) is 3.43. The summed E-state index contributed by atoms with van der Waals surface area (Å²) in [5.41, 5.74) is 0.836. The van der Waals surface area contributed by atoms with E-state index >= 15 is 0 Å². The number of anilines is 1. The Kier molecular flexibility index (Phi) is 7.52. The number of carbonyl (C=O) groups is 2. The molecule has 1 saturated heterocycles. The number of rotatable bonds is 7. The normalized spacial score (nSPS) is 13.5. The predicted molar refractivity (Wildman–Crippen MR) is 118 cm³/mol. The number of benzene rings is 2. The summed E-state index contributed by atoms with van der Waals surface area (Å²) in [6, 6.07) is 13.6. The Bertz CT molecular complexity index is 1040. The van der Waals surface area contributed by atoms with E-state index in [4.69, 9.17) is 21.1 Å². The number of nitriles is 1. The van der Waals surface area contributed by atoms with Gasteiger partial charge < -0.3 is 19.7 Å². The molecule has 0 atom stereocenters. The van der Waals surface area contributed by atoms with Gasteiger partial charge in [-0.1, -0.05) is 29.8 Å². The van der Waals surface area contributed by atoms with Crippen molar-refractivity contribution in [1.29, 1.82) is 5.26 Å². The lowest BCUT2D eigenvalue weighted by Gasteiger charge is -2.16. The largest absolute Gasteiger partial charge is 0.495 e. The van der Waals surface area contributed by atoms with E-state index in [1.807, 2.05) is 6.07 Å². The summed E-state index contributed by atoms with van der Waals surface area (Å²) in [5.74, 6) is 0.228. The SMILES string of the molecule is COc1ccc(NC(=O)/C(C#N)=C/c2ccccc2OCC(=O)N2CCCC2)cc1Cl. The van der Waals surface area contributed by atoms with Gasteiger partial charge in [-0.15, -0.1) is 0 Å². The molecule has 0 bridgehead atoms. The molecule has 7 nitrogen and oxygen atoms in total. The first-order chi connectivity index (χ1) is 15.0. The summed E-state index contributed by atoms with van der Waals surface area (Å²) in [4.78, 5) is 26.6. The standard InChI is InChI=1S/C23H22ClN3O4/c1-30-21-9-8-18(13-19(21)24)26-23(29)17(14-25)12-16-6-2-3-7-20(16)31-15-22(28)27-10-4-5-11-27/h2-3,6-9,12-13H,4-5,10-11,15H2,1H3,(H,26,29)/b17-12+. The van der Waals surface area contributed by atoms with Crippen LogP contribution in [0.4, 0.5) is 5.69 Å². The second-order valence-electron chi connectivity index (χ2n) is 6.89. The molecule has 1 heterocycles. The van der Waals surface area contributed by atoms with Crippen molar-refractivity contribution >= 4 is 35.2 Å². The Morgan fingerprint density at radius 2 is 1.94 bits per heavy atom. The Morgan fingerprint density at radius 3 is 2.61 bits per heavy atom. The van der Waals surface area contributed by atoms with Crippen LogP contribution in [-0.4, -0.2) is 43.5 Å². The smallest absolute Gasteiger partial charge is 0.266 e. The highest BCUT2D eigenvalue weighted by Crippen LogP contribution is 2.28.